The molecule has 2 N–H and O–H groups in total. The number of amides is 1. The number of hydrogen-bond donors (Lipinski definition) is 1. The van der Waals surface area contributed by atoms with Crippen molar-refractivity contribution in [2.75, 3.05) is 11.4 Å². The van der Waals surface area contributed by atoms with E-state index in [0.717, 1.165) is 10.6 Å². The predicted molar refractivity (Wildman–Crippen MR) is 80.5 cm³/mol. The van der Waals surface area contributed by atoms with Gasteiger partial charge in [0.25, 0.3) is 0 Å². The molecule has 0 aliphatic rings. The van der Waals surface area contributed by atoms with E-state index in [-0.39, 0.29) is 5.91 Å². The summed E-state index contributed by atoms with van der Waals surface area (Å²) in [5.74, 6) is -0.0613. The highest BCUT2D eigenvalue weighted by molar-refractivity contribution is 7.10. The van der Waals surface area contributed by atoms with E-state index < -0.39 is 6.04 Å². The standard InChI is InChI=1S/C15H18N2OS/c1-3-17(12-8-6-11(2)7-9-12)15(18)14(16)13-5-4-10-19-13/h4-10,14H,3,16H2,1-2H3. The summed E-state index contributed by atoms with van der Waals surface area (Å²) in [5.41, 5.74) is 8.12. The summed E-state index contributed by atoms with van der Waals surface area (Å²) >= 11 is 1.51. The first-order valence-electron chi connectivity index (χ1n) is 6.30. The Labute approximate surface area is 117 Å². The van der Waals surface area contributed by atoms with Crippen molar-refractivity contribution in [2.24, 2.45) is 5.73 Å². The summed E-state index contributed by atoms with van der Waals surface area (Å²) in [7, 11) is 0. The molecule has 0 fully saturated rings. The lowest BCUT2D eigenvalue weighted by Gasteiger charge is -2.24. The number of thiophene rings is 1. The Morgan fingerprint density at radius 2 is 2.00 bits per heavy atom. The minimum Gasteiger partial charge on any atom is -0.316 e. The summed E-state index contributed by atoms with van der Waals surface area (Å²) < 4.78 is 0. The molecule has 1 heterocycles. The van der Waals surface area contributed by atoms with Gasteiger partial charge in [0.1, 0.15) is 6.04 Å². The van der Waals surface area contributed by atoms with Gasteiger partial charge in [0.2, 0.25) is 5.91 Å². The molecule has 0 spiro atoms. The molecular formula is C15H18N2OS. The third-order valence-corrected chi connectivity index (χ3v) is 4.00. The van der Waals surface area contributed by atoms with Gasteiger partial charge < -0.3 is 10.6 Å². The van der Waals surface area contributed by atoms with Crippen molar-refractivity contribution in [3.05, 3.63) is 52.2 Å². The summed E-state index contributed by atoms with van der Waals surface area (Å²) in [6, 6.07) is 11.1. The molecule has 1 aromatic heterocycles. The lowest BCUT2D eigenvalue weighted by atomic mass is 10.1. The number of likely N-dealkylation sites (N-methyl/N-ethyl adjacent to an activating group) is 1. The number of nitrogens with two attached hydrogens (primary N) is 1. The Bertz CT molecular complexity index is 534. The van der Waals surface area contributed by atoms with Crippen molar-refractivity contribution in [3.8, 4) is 0 Å². The number of anilines is 1. The molecule has 0 saturated carbocycles. The third kappa shape index (κ3) is 3.03. The van der Waals surface area contributed by atoms with Gasteiger partial charge in [0.15, 0.2) is 0 Å². The number of benzene rings is 1. The van der Waals surface area contributed by atoms with Gasteiger partial charge in [0.05, 0.1) is 0 Å². The molecule has 4 heteroatoms. The van der Waals surface area contributed by atoms with Crippen LogP contribution in [-0.4, -0.2) is 12.5 Å². The van der Waals surface area contributed by atoms with E-state index in [1.54, 1.807) is 4.90 Å². The fourth-order valence-corrected chi connectivity index (χ4v) is 2.67. The molecule has 2 aromatic rings. The van der Waals surface area contributed by atoms with Crippen molar-refractivity contribution >= 4 is 22.9 Å². The summed E-state index contributed by atoms with van der Waals surface area (Å²) in [5, 5.41) is 1.94. The highest BCUT2D eigenvalue weighted by atomic mass is 32.1. The Hall–Kier alpha value is -1.65. The molecule has 1 atom stereocenters. The van der Waals surface area contributed by atoms with Crippen LogP contribution in [0, 0.1) is 6.92 Å². The summed E-state index contributed by atoms with van der Waals surface area (Å²) in [4.78, 5) is 15.1. The first kappa shape index (κ1) is 13.8. The van der Waals surface area contributed by atoms with Crippen LogP contribution >= 0.6 is 11.3 Å². The van der Waals surface area contributed by atoms with Crippen LogP contribution in [0.15, 0.2) is 41.8 Å². The maximum atomic E-state index is 12.5. The van der Waals surface area contributed by atoms with Gasteiger partial charge in [-0.05, 0) is 37.4 Å². The van der Waals surface area contributed by atoms with Gasteiger partial charge in [-0.2, -0.15) is 0 Å². The minimum absolute atomic E-state index is 0.0613. The second kappa shape index (κ2) is 5.99. The SMILES string of the molecule is CCN(C(=O)C(N)c1cccs1)c1ccc(C)cc1. The smallest absolute Gasteiger partial charge is 0.249 e. The first-order chi connectivity index (χ1) is 9.13. The Morgan fingerprint density at radius 3 is 2.53 bits per heavy atom. The first-order valence-corrected chi connectivity index (χ1v) is 7.18. The molecule has 0 aliphatic carbocycles. The van der Waals surface area contributed by atoms with Gasteiger partial charge in [-0.3, -0.25) is 4.79 Å². The normalized spacial score (nSPS) is 12.2. The topological polar surface area (TPSA) is 46.3 Å². The number of carbonyl (C=O) groups excluding carboxylic acids is 1. The molecule has 1 unspecified atom stereocenters. The molecule has 1 aromatic carbocycles. The van der Waals surface area contributed by atoms with Crippen molar-refractivity contribution in [2.45, 2.75) is 19.9 Å². The van der Waals surface area contributed by atoms with Crippen molar-refractivity contribution in [3.63, 3.8) is 0 Å². The van der Waals surface area contributed by atoms with Gasteiger partial charge in [0, 0.05) is 17.1 Å². The summed E-state index contributed by atoms with van der Waals surface area (Å²) in [6.07, 6.45) is 0. The molecule has 0 bridgehead atoms. The molecule has 19 heavy (non-hydrogen) atoms. The second-order valence-electron chi connectivity index (χ2n) is 4.41. The summed E-state index contributed by atoms with van der Waals surface area (Å²) in [6.45, 7) is 4.60. The zero-order valence-electron chi connectivity index (χ0n) is 11.2. The predicted octanol–water partition coefficient (Wildman–Crippen LogP) is 3.11. The van der Waals surface area contributed by atoms with Gasteiger partial charge in [-0.25, -0.2) is 0 Å². The third-order valence-electron chi connectivity index (χ3n) is 3.04. The van der Waals surface area contributed by atoms with Gasteiger partial charge >= 0.3 is 0 Å². The van der Waals surface area contributed by atoms with Crippen LogP contribution in [-0.2, 0) is 4.79 Å². The monoisotopic (exact) mass is 274 g/mol. The van der Waals surface area contributed by atoms with E-state index in [2.05, 4.69) is 0 Å². The quantitative estimate of drug-likeness (QED) is 0.931. The molecule has 0 radical (unpaired) electrons. The van der Waals surface area contributed by atoms with Crippen LogP contribution in [0.1, 0.15) is 23.4 Å². The average Bonchev–Trinajstić information content (AvgIpc) is 2.94. The van der Waals surface area contributed by atoms with E-state index in [9.17, 15) is 4.79 Å². The molecule has 100 valence electrons. The fraction of sp³-hybridized carbons (Fsp3) is 0.267. The van der Waals surface area contributed by atoms with E-state index in [1.165, 1.54) is 16.9 Å². The number of nitrogens with zero attached hydrogens (tertiary/aromatic N) is 1. The lowest BCUT2D eigenvalue weighted by molar-refractivity contribution is -0.119. The van der Waals surface area contributed by atoms with Crippen molar-refractivity contribution < 1.29 is 4.79 Å². The van der Waals surface area contributed by atoms with E-state index >= 15 is 0 Å². The van der Waals surface area contributed by atoms with Gasteiger partial charge in [-0.1, -0.05) is 23.8 Å². The van der Waals surface area contributed by atoms with E-state index in [4.69, 9.17) is 5.73 Å². The Kier molecular flexibility index (Phi) is 4.35. The highest BCUT2D eigenvalue weighted by Gasteiger charge is 2.23. The zero-order valence-corrected chi connectivity index (χ0v) is 12.0. The zero-order chi connectivity index (χ0) is 13.8. The molecule has 0 aliphatic heterocycles. The average molecular weight is 274 g/mol. The number of rotatable bonds is 4. The van der Waals surface area contributed by atoms with Crippen molar-refractivity contribution in [1.82, 2.24) is 0 Å². The highest BCUT2D eigenvalue weighted by Crippen LogP contribution is 2.22. The second-order valence-corrected chi connectivity index (χ2v) is 5.39. The lowest BCUT2D eigenvalue weighted by Crippen LogP contribution is -2.38. The van der Waals surface area contributed by atoms with Crippen LogP contribution in [0.4, 0.5) is 5.69 Å². The maximum absolute atomic E-state index is 12.5. The van der Waals surface area contributed by atoms with Crippen LogP contribution in [0.2, 0.25) is 0 Å². The number of carbonyl (C=O) groups is 1. The minimum atomic E-state index is -0.582. The van der Waals surface area contributed by atoms with Crippen molar-refractivity contribution in [1.29, 1.82) is 0 Å². The van der Waals surface area contributed by atoms with E-state index in [0.29, 0.717) is 6.54 Å². The number of aryl methyl sites for hydroxylation is 1. The molecule has 1 amide bonds. The molecule has 2 rings (SSSR count). The maximum Gasteiger partial charge on any atom is 0.249 e. The largest absolute Gasteiger partial charge is 0.316 e. The molecular weight excluding hydrogens is 256 g/mol. The van der Waals surface area contributed by atoms with Crippen LogP contribution < -0.4 is 10.6 Å². The van der Waals surface area contributed by atoms with Crippen LogP contribution in [0.25, 0.3) is 0 Å². The van der Waals surface area contributed by atoms with E-state index in [1.807, 2.05) is 55.6 Å². The number of hydrogen-bond acceptors (Lipinski definition) is 3. The van der Waals surface area contributed by atoms with Crippen LogP contribution in [0.3, 0.4) is 0 Å². The Morgan fingerprint density at radius 1 is 1.32 bits per heavy atom. The van der Waals surface area contributed by atoms with Crippen LogP contribution in [0.5, 0.6) is 0 Å². The van der Waals surface area contributed by atoms with Gasteiger partial charge in [-0.15, -0.1) is 11.3 Å². The Balaban J connectivity index is 2.22. The molecule has 3 nitrogen and oxygen atoms in total. The fourth-order valence-electron chi connectivity index (χ4n) is 1.95. The molecule has 0 saturated heterocycles.